The summed E-state index contributed by atoms with van der Waals surface area (Å²) in [7, 11) is 1.21. The van der Waals surface area contributed by atoms with E-state index in [1.165, 1.54) is 7.11 Å². The Morgan fingerprint density at radius 3 is 2.45 bits per heavy atom. The van der Waals surface area contributed by atoms with Crippen LogP contribution in [0.5, 0.6) is 0 Å². The van der Waals surface area contributed by atoms with Gasteiger partial charge in [-0.05, 0) is 45.4 Å². The van der Waals surface area contributed by atoms with Crippen molar-refractivity contribution in [3.8, 4) is 6.07 Å². The SMILES string of the molecule is COC(=O)[C@H]1C(=O)NC(SCC(=O)N(C(C)C)C(C)C)=C(C#N)[C@@H]1c1cccc(Br)c1. The fraction of sp³-hybridized carbons (Fsp3) is 0.455. The number of allylic oxidation sites excluding steroid dienone is 1. The van der Waals surface area contributed by atoms with Crippen LogP contribution >= 0.6 is 27.7 Å². The van der Waals surface area contributed by atoms with Crippen molar-refractivity contribution in [3.63, 3.8) is 0 Å². The maximum atomic E-state index is 12.9. The predicted octanol–water partition coefficient (Wildman–Crippen LogP) is 3.57. The molecule has 2 rings (SSSR count). The van der Waals surface area contributed by atoms with E-state index in [2.05, 4.69) is 27.3 Å². The molecule has 0 bridgehead atoms. The van der Waals surface area contributed by atoms with Crippen LogP contribution in [0, 0.1) is 17.2 Å². The van der Waals surface area contributed by atoms with Gasteiger partial charge in [-0.15, -0.1) is 0 Å². The van der Waals surface area contributed by atoms with Gasteiger partial charge in [0.2, 0.25) is 11.8 Å². The maximum Gasteiger partial charge on any atom is 0.319 e. The number of ether oxygens (including phenoxy) is 1. The second kappa shape index (κ2) is 10.8. The number of hydrogen-bond donors (Lipinski definition) is 1. The van der Waals surface area contributed by atoms with Crippen LogP contribution < -0.4 is 5.32 Å². The molecule has 2 atom stereocenters. The summed E-state index contributed by atoms with van der Waals surface area (Å²) in [6, 6.07) is 9.31. The number of methoxy groups -OCH3 is 1. The first-order valence-corrected chi connectivity index (χ1v) is 11.6. The van der Waals surface area contributed by atoms with E-state index in [1.807, 2.05) is 33.8 Å². The lowest BCUT2D eigenvalue weighted by Crippen LogP contribution is -2.45. The first-order valence-electron chi connectivity index (χ1n) is 9.84. The molecule has 0 spiro atoms. The average Bonchev–Trinajstić information content (AvgIpc) is 2.70. The van der Waals surface area contributed by atoms with Gasteiger partial charge in [-0.2, -0.15) is 5.26 Å². The first-order chi connectivity index (χ1) is 14.6. The van der Waals surface area contributed by atoms with Crippen molar-refractivity contribution >= 4 is 45.5 Å². The number of amides is 2. The molecule has 0 unspecified atom stereocenters. The second-order valence-corrected chi connectivity index (χ2v) is 9.56. The van der Waals surface area contributed by atoms with E-state index in [-0.39, 0.29) is 29.3 Å². The Bertz CT molecular complexity index is 931. The van der Waals surface area contributed by atoms with Crippen molar-refractivity contribution in [2.24, 2.45) is 5.92 Å². The minimum absolute atomic E-state index is 0.0246. The number of halogens is 1. The summed E-state index contributed by atoms with van der Waals surface area (Å²) in [5.41, 5.74) is 0.859. The minimum atomic E-state index is -1.20. The lowest BCUT2D eigenvalue weighted by molar-refractivity contribution is -0.150. The fourth-order valence-corrected chi connectivity index (χ4v) is 5.10. The summed E-state index contributed by atoms with van der Waals surface area (Å²) in [5, 5.41) is 12.9. The van der Waals surface area contributed by atoms with E-state index in [0.29, 0.717) is 10.6 Å². The van der Waals surface area contributed by atoms with Crippen LogP contribution in [0.25, 0.3) is 0 Å². The molecular weight excluding hydrogens is 482 g/mol. The number of benzene rings is 1. The summed E-state index contributed by atoms with van der Waals surface area (Å²) in [4.78, 5) is 39.8. The van der Waals surface area contributed by atoms with Crippen LogP contribution in [0.15, 0.2) is 39.3 Å². The van der Waals surface area contributed by atoms with Crippen LogP contribution in [-0.2, 0) is 19.1 Å². The molecule has 0 saturated heterocycles. The zero-order valence-corrected chi connectivity index (χ0v) is 20.5. The van der Waals surface area contributed by atoms with Gasteiger partial charge in [0.1, 0.15) is 5.92 Å². The number of carbonyl (C=O) groups excluding carboxylic acids is 3. The highest BCUT2D eigenvalue weighted by Crippen LogP contribution is 2.40. The van der Waals surface area contributed by atoms with E-state index < -0.39 is 23.7 Å². The van der Waals surface area contributed by atoms with Crippen molar-refractivity contribution in [3.05, 3.63) is 44.9 Å². The number of rotatable bonds is 7. The van der Waals surface area contributed by atoms with Crippen molar-refractivity contribution in [1.29, 1.82) is 5.26 Å². The number of thioether (sulfide) groups is 1. The molecule has 9 heteroatoms. The standard InChI is InChI=1S/C22H26BrN3O4S/c1-12(2)26(13(3)4)17(27)11-31-21-16(10-24)18(14-7-6-8-15(23)9-14)19(20(28)25-21)22(29)30-5/h6-9,12-13,18-19H,11H2,1-5H3,(H,25,28)/t18-,19+/m0/s1. The van der Waals surface area contributed by atoms with Gasteiger partial charge in [0, 0.05) is 22.5 Å². The Morgan fingerprint density at radius 2 is 1.94 bits per heavy atom. The van der Waals surface area contributed by atoms with Gasteiger partial charge >= 0.3 is 5.97 Å². The van der Waals surface area contributed by atoms with Crippen LogP contribution in [0.1, 0.15) is 39.2 Å². The minimum Gasteiger partial charge on any atom is -0.468 e. The second-order valence-electron chi connectivity index (χ2n) is 7.65. The Labute approximate surface area is 195 Å². The average molecular weight is 508 g/mol. The monoisotopic (exact) mass is 507 g/mol. The summed E-state index contributed by atoms with van der Waals surface area (Å²) < 4.78 is 5.60. The van der Waals surface area contributed by atoms with E-state index >= 15 is 0 Å². The molecule has 1 aromatic carbocycles. The number of nitrogens with one attached hydrogen (secondary N) is 1. The summed E-state index contributed by atoms with van der Waals surface area (Å²) in [6.07, 6.45) is 0. The molecule has 1 aliphatic rings. The number of nitriles is 1. The van der Waals surface area contributed by atoms with Crippen molar-refractivity contribution in [2.75, 3.05) is 12.9 Å². The van der Waals surface area contributed by atoms with Gasteiger partial charge in [0.25, 0.3) is 0 Å². The lowest BCUT2D eigenvalue weighted by atomic mass is 9.78. The van der Waals surface area contributed by atoms with Crippen LogP contribution in [0.3, 0.4) is 0 Å². The van der Waals surface area contributed by atoms with Gasteiger partial charge in [0.05, 0.1) is 29.5 Å². The largest absolute Gasteiger partial charge is 0.468 e. The Kier molecular flexibility index (Phi) is 8.71. The molecule has 0 saturated carbocycles. The van der Waals surface area contributed by atoms with Crippen LogP contribution in [-0.4, -0.2) is 47.6 Å². The number of esters is 1. The van der Waals surface area contributed by atoms with Gasteiger partial charge in [-0.25, -0.2) is 0 Å². The molecule has 2 amide bonds. The normalized spacial score (nSPS) is 18.6. The third-order valence-corrected chi connectivity index (χ3v) is 6.43. The molecule has 0 radical (unpaired) electrons. The van der Waals surface area contributed by atoms with Gasteiger partial charge < -0.3 is 15.0 Å². The smallest absolute Gasteiger partial charge is 0.319 e. The van der Waals surface area contributed by atoms with Crippen LogP contribution in [0.2, 0.25) is 0 Å². The molecule has 0 aliphatic carbocycles. The Balaban J connectivity index is 2.46. The fourth-order valence-electron chi connectivity index (χ4n) is 3.76. The first kappa shape index (κ1) is 25.0. The molecule has 31 heavy (non-hydrogen) atoms. The molecule has 1 heterocycles. The highest BCUT2D eigenvalue weighted by atomic mass is 79.9. The summed E-state index contributed by atoms with van der Waals surface area (Å²) in [6.45, 7) is 7.76. The summed E-state index contributed by atoms with van der Waals surface area (Å²) in [5.74, 6) is -3.32. The molecule has 1 aliphatic heterocycles. The van der Waals surface area contributed by atoms with Gasteiger partial charge in [-0.3, -0.25) is 14.4 Å². The van der Waals surface area contributed by atoms with Gasteiger partial charge in [-0.1, -0.05) is 39.8 Å². The quantitative estimate of drug-likeness (QED) is 0.447. The third-order valence-electron chi connectivity index (χ3n) is 4.93. The lowest BCUT2D eigenvalue weighted by Gasteiger charge is -2.32. The van der Waals surface area contributed by atoms with Gasteiger partial charge in [0.15, 0.2) is 0 Å². The third kappa shape index (κ3) is 5.69. The number of hydrogen-bond acceptors (Lipinski definition) is 6. The summed E-state index contributed by atoms with van der Waals surface area (Å²) >= 11 is 4.50. The zero-order chi connectivity index (χ0) is 23.3. The molecule has 0 aromatic heterocycles. The van der Waals surface area contributed by atoms with Crippen LogP contribution in [0.4, 0.5) is 0 Å². The molecule has 0 fully saturated rings. The highest BCUT2D eigenvalue weighted by molar-refractivity contribution is 9.10. The molecule has 1 N–H and O–H groups in total. The van der Waals surface area contributed by atoms with E-state index in [9.17, 15) is 19.6 Å². The number of carbonyl (C=O) groups is 3. The van der Waals surface area contributed by atoms with E-state index in [1.54, 1.807) is 23.1 Å². The van der Waals surface area contributed by atoms with Crippen molar-refractivity contribution in [1.82, 2.24) is 10.2 Å². The molecule has 1 aromatic rings. The van der Waals surface area contributed by atoms with E-state index in [0.717, 1.165) is 16.2 Å². The topological polar surface area (TPSA) is 99.5 Å². The number of nitrogens with zero attached hydrogens (tertiary/aromatic N) is 2. The molecule has 166 valence electrons. The molecular formula is C22H26BrN3O4S. The predicted molar refractivity (Wildman–Crippen MR) is 123 cm³/mol. The molecule has 7 nitrogen and oxygen atoms in total. The van der Waals surface area contributed by atoms with E-state index in [4.69, 9.17) is 4.74 Å². The Hall–Kier alpha value is -2.31. The zero-order valence-electron chi connectivity index (χ0n) is 18.1. The van der Waals surface area contributed by atoms with Crippen molar-refractivity contribution < 1.29 is 19.1 Å². The highest BCUT2D eigenvalue weighted by Gasteiger charge is 2.44. The maximum absolute atomic E-state index is 12.9. The van der Waals surface area contributed by atoms with Crippen molar-refractivity contribution in [2.45, 2.75) is 45.7 Å². The Morgan fingerprint density at radius 1 is 1.29 bits per heavy atom.